The Morgan fingerprint density at radius 1 is 1.05 bits per heavy atom. The maximum Gasteiger partial charge on any atom is 0.416 e. The molecule has 0 aliphatic carbocycles. The van der Waals surface area contributed by atoms with Crippen molar-refractivity contribution in [1.29, 1.82) is 0 Å². The summed E-state index contributed by atoms with van der Waals surface area (Å²) in [6.07, 6.45) is -4.44. The molecule has 0 aliphatic rings. The number of benzene rings is 2. The Bertz CT molecular complexity index is 626. The Balaban J connectivity index is 2.26. The van der Waals surface area contributed by atoms with Crippen molar-refractivity contribution in [2.75, 3.05) is 5.32 Å². The summed E-state index contributed by atoms with van der Waals surface area (Å²) in [7, 11) is 0. The summed E-state index contributed by atoms with van der Waals surface area (Å²) in [5.74, 6) is -0.444. The molecular weight excluding hydrogens is 382 g/mol. The molecule has 20 heavy (non-hydrogen) atoms. The minimum atomic E-state index is -4.44. The average molecular weight is 391 g/mol. The molecule has 0 saturated carbocycles. The van der Waals surface area contributed by atoms with Crippen LogP contribution < -0.4 is 5.32 Å². The first-order valence-corrected chi connectivity index (χ1v) is 6.68. The second-order valence-electron chi connectivity index (χ2n) is 4.05. The van der Waals surface area contributed by atoms with E-state index in [1.54, 1.807) is 52.9 Å². The summed E-state index contributed by atoms with van der Waals surface area (Å²) in [4.78, 5) is 11.9. The van der Waals surface area contributed by atoms with Crippen LogP contribution in [-0.2, 0) is 6.18 Å². The third kappa shape index (κ3) is 3.72. The molecule has 1 N–H and O–H groups in total. The molecule has 0 heterocycles. The van der Waals surface area contributed by atoms with Gasteiger partial charge in [-0.2, -0.15) is 13.2 Å². The van der Waals surface area contributed by atoms with Gasteiger partial charge < -0.3 is 5.32 Å². The molecule has 0 unspecified atom stereocenters. The van der Waals surface area contributed by atoms with Crippen molar-refractivity contribution < 1.29 is 18.0 Å². The second kappa shape index (κ2) is 5.82. The maximum atomic E-state index is 12.7. The highest BCUT2D eigenvalue weighted by molar-refractivity contribution is 14.1. The van der Waals surface area contributed by atoms with Crippen LogP contribution in [0.1, 0.15) is 15.9 Å². The summed E-state index contributed by atoms with van der Waals surface area (Å²) in [6, 6.07) is 11.7. The van der Waals surface area contributed by atoms with Gasteiger partial charge in [0.15, 0.2) is 0 Å². The SMILES string of the molecule is O=C(Nc1cc(I)cc(C(F)(F)F)c1)c1ccccc1. The Morgan fingerprint density at radius 2 is 1.70 bits per heavy atom. The van der Waals surface area contributed by atoms with Crippen LogP contribution >= 0.6 is 22.6 Å². The first-order valence-electron chi connectivity index (χ1n) is 5.60. The highest BCUT2D eigenvalue weighted by Crippen LogP contribution is 2.32. The fourth-order valence-corrected chi connectivity index (χ4v) is 2.29. The van der Waals surface area contributed by atoms with Gasteiger partial charge in [0.05, 0.1) is 5.56 Å². The van der Waals surface area contributed by atoms with Crippen molar-refractivity contribution in [1.82, 2.24) is 0 Å². The summed E-state index contributed by atoms with van der Waals surface area (Å²) in [5.41, 5.74) is -0.272. The minimum Gasteiger partial charge on any atom is -0.322 e. The van der Waals surface area contributed by atoms with Gasteiger partial charge in [-0.15, -0.1) is 0 Å². The maximum absolute atomic E-state index is 12.7. The predicted molar refractivity (Wildman–Crippen MR) is 78.6 cm³/mol. The number of carbonyl (C=O) groups excluding carboxylic acids is 1. The van der Waals surface area contributed by atoms with Gasteiger partial charge in [-0.25, -0.2) is 0 Å². The van der Waals surface area contributed by atoms with Crippen LogP contribution in [-0.4, -0.2) is 5.91 Å². The number of hydrogen-bond acceptors (Lipinski definition) is 1. The molecule has 0 fully saturated rings. The van der Waals surface area contributed by atoms with Gasteiger partial charge in [-0.1, -0.05) is 18.2 Å². The van der Waals surface area contributed by atoms with Gasteiger partial charge in [-0.05, 0) is 52.9 Å². The summed E-state index contributed by atoms with van der Waals surface area (Å²) >= 11 is 1.78. The lowest BCUT2D eigenvalue weighted by Gasteiger charge is -2.11. The number of alkyl halides is 3. The van der Waals surface area contributed by atoms with E-state index < -0.39 is 17.6 Å². The van der Waals surface area contributed by atoms with Crippen LogP contribution in [0.4, 0.5) is 18.9 Å². The number of carbonyl (C=O) groups is 1. The molecule has 1 amide bonds. The third-order valence-corrected chi connectivity index (χ3v) is 3.14. The number of halogens is 4. The van der Waals surface area contributed by atoms with E-state index >= 15 is 0 Å². The molecule has 2 rings (SSSR count). The largest absolute Gasteiger partial charge is 0.416 e. The lowest BCUT2D eigenvalue weighted by atomic mass is 10.1. The summed E-state index contributed by atoms with van der Waals surface area (Å²) in [6.45, 7) is 0. The number of rotatable bonds is 2. The van der Waals surface area contributed by atoms with E-state index in [1.165, 1.54) is 6.07 Å². The van der Waals surface area contributed by atoms with Crippen molar-refractivity contribution in [3.8, 4) is 0 Å². The van der Waals surface area contributed by atoms with E-state index in [0.717, 1.165) is 12.1 Å². The van der Waals surface area contributed by atoms with Crippen molar-refractivity contribution in [3.05, 3.63) is 63.2 Å². The Labute approximate surface area is 127 Å². The Hall–Kier alpha value is -1.57. The van der Waals surface area contributed by atoms with Crippen molar-refractivity contribution in [3.63, 3.8) is 0 Å². The number of amides is 1. The summed E-state index contributed by atoms with van der Waals surface area (Å²) < 4.78 is 38.5. The molecule has 2 aromatic rings. The monoisotopic (exact) mass is 391 g/mol. The molecule has 0 bridgehead atoms. The van der Waals surface area contributed by atoms with Crippen molar-refractivity contribution >= 4 is 34.2 Å². The Kier molecular flexibility index (Phi) is 4.32. The van der Waals surface area contributed by atoms with Crippen LogP contribution in [0.3, 0.4) is 0 Å². The van der Waals surface area contributed by atoms with Gasteiger partial charge in [0.25, 0.3) is 5.91 Å². The van der Waals surface area contributed by atoms with Crippen LogP contribution in [0.25, 0.3) is 0 Å². The zero-order valence-electron chi connectivity index (χ0n) is 10.0. The van der Waals surface area contributed by atoms with Crippen molar-refractivity contribution in [2.24, 2.45) is 0 Å². The molecule has 0 saturated heterocycles. The minimum absolute atomic E-state index is 0.123. The molecule has 2 aromatic carbocycles. The van der Waals surface area contributed by atoms with Crippen LogP contribution in [0, 0.1) is 3.57 Å². The van der Waals surface area contributed by atoms with E-state index in [1.807, 2.05) is 0 Å². The highest BCUT2D eigenvalue weighted by atomic mass is 127. The Morgan fingerprint density at radius 3 is 2.30 bits per heavy atom. The quantitative estimate of drug-likeness (QED) is 0.748. The lowest BCUT2D eigenvalue weighted by Crippen LogP contribution is -2.13. The molecule has 0 atom stereocenters. The van der Waals surface area contributed by atoms with Gasteiger partial charge in [0.1, 0.15) is 0 Å². The van der Waals surface area contributed by atoms with Gasteiger partial charge in [0.2, 0.25) is 0 Å². The molecule has 0 aliphatic heterocycles. The molecule has 104 valence electrons. The molecule has 6 heteroatoms. The van der Waals surface area contributed by atoms with E-state index in [9.17, 15) is 18.0 Å². The summed E-state index contributed by atoms with van der Waals surface area (Å²) in [5, 5.41) is 2.47. The van der Waals surface area contributed by atoms with Gasteiger partial charge in [0, 0.05) is 14.8 Å². The average Bonchev–Trinajstić information content (AvgIpc) is 2.38. The predicted octanol–water partition coefficient (Wildman–Crippen LogP) is 4.56. The van der Waals surface area contributed by atoms with Gasteiger partial charge >= 0.3 is 6.18 Å². The fourth-order valence-electron chi connectivity index (χ4n) is 1.62. The topological polar surface area (TPSA) is 29.1 Å². The lowest BCUT2D eigenvalue weighted by molar-refractivity contribution is -0.137. The van der Waals surface area contributed by atoms with E-state index in [-0.39, 0.29) is 5.69 Å². The van der Waals surface area contributed by atoms with Gasteiger partial charge in [-0.3, -0.25) is 4.79 Å². The first kappa shape index (κ1) is 14.8. The molecule has 0 aromatic heterocycles. The zero-order chi connectivity index (χ0) is 14.8. The number of nitrogens with one attached hydrogen (secondary N) is 1. The molecular formula is C14H9F3INO. The molecule has 0 spiro atoms. The van der Waals surface area contributed by atoms with Crippen molar-refractivity contribution in [2.45, 2.75) is 6.18 Å². The molecule has 2 nitrogen and oxygen atoms in total. The zero-order valence-corrected chi connectivity index (χ0v) is 12.2. The van der Waals surface area contributed by atoms with Crippen LogP contribution in [0.15, 0.2) is 48.5 Å². The fraction of sp³-hybridized carbons (Fsp3) is 0.0714. The smallest absolute Gasteiger partial charge is 0.322 e. The van der Waals surface area contributed by atoms with E-state index in [2.05, 4.69) is 5.32 Å². The van der Waals surface area contributed by atoms with E-state index in [0.29, 0.717) is 9.13 Å². The highest BCUT2D eigenvalue weighted by Gasteiger charge is 2.31. The normalized spacial score (nSPS) is 11.2. The number of anilines is 1. The van der Waals surface area contributed by atoms with E-state index in [4.69, 9.17) is 0 Å². The first-order chi connectivity index (χ1) is 9.36. The standard InChI is InChI=1S/C14H9F3INO/c15-14(16,17)10-6-11(18)8-12(7-10)19-13(20)9-4-2-1-3-5-9/h1-8H,(H,19,20). The van der Waals surface area contributed by atoms with Crippen LogP contribution in [0.2, 0.25) is 0 Å². The van der Waals surface area contributed by atoms with Crippen LogP contribution in [0.5, 0.6) is 0 Å². The number of hydrogen-bond donors (Lipinski definition) is 1. The third-order valence-electron chi connectivity index (χ3n) is 2.52. The second-order valence-corrected chi connectivity index (χ2v) is 5.29. The molecule has 0 radical (unpaired) electrons.